The maximum atomic E-state index is 13.4. The smallest absolute Gasteiger partial charge is 0.379 e. The van der Waals surface area contributed by atoms with Crippen LogP contribution in [-0.2, 0) is 30.2 Å². The second-order valence-corrected chi connectivity index (χ2v) is 12.6. The summed E-state index contributed by atoms with van der Waals surface area (Å²) in [7, 11) is 0. The van der Waals surface area contributed by atoms with Gasteiger partial charge in [0.05, 0.1) is 47.7 Å². The average Bonchev–Trinajstić information content (AvgIpc) is 3.35. The van der Waals surface area contributed by atoms with E-state index < -0.39 is 23.5 Å². The fourth-order valence-electron chi connectivity index (χ4n) is 6.17. The monoisotopic (exact) mass is 634 g/mol. The van der Waals surface area contributed by atoms with E-state index in [4.69, 9.17) is 4.74 Å². The van der Waals surface area contributed by atoms with Gasteiger partial charge in [-0.2, -0.15) is 26.3 Å². The molecule has 1 N–H and O–H groups in total. The second-order valence-electron chi connectivity index (χ2n) is 12.6. The molecule has 6 nitrogen and oxygen atoms in total. The molecule has 3 aromatic rings. The van der Waals surface area contributed by atoms with E-state index >= 15 is 0 Å². The Bertz CT molecular complexity index is 1480. The van der Waals surface area contributed by atoms with Gasteiger partial charge < -0.3 is 10.1 Å². The molecule has 0 radical (unpaired) electrons. The standard InChI is InChI=1S/C33H36F6N4O2/c1-31(2,3)29-28-24(20-43(29)19-21-4-8-25(9-5-21)32(34,35)36)16-23(17-40-28)30(44)41-18-27(42-12-14-45-15-13-42)22-6-10-26(11-7-22)33(37,38)39/h4-11,16-17,27,29H,12-15,18-20H2,1-3H3,(H,41,44). The van der Waals surface area contributed by atoms with Crippen LogP contribution in [0.2, 0.25) is 0 Å². The Kier molecular flexibility index (Phi) is 9.30. The number of amides is 1. The van der Waals surface area contributed by atoms with Crippen LogP contribution in [-0.4, -0.2) is 53.5 Å². The highest BCUT2D eigenvalue weighted by molar-refractivity contribution is 5.94. The van der Waals surface area contributed by atoms with Crippen LogP contribution in [0.4, 0.5) is 26.3 Å². The molecular weight excluding hydrogens is 598 g/mol. The summed E-state index contributed by atoms with van der Waals surface area (Å²) in [5.41, 5.74) is 1.75. The van der Waals surface area contributed by atoms with Crippen LogP contribution in [0.5, 0.6) is 0 Å². The van der Waals surface area contributed by atoms with Crippen molar-refractivity contribution in [1.29, 1.82) is 0 Å². The summed E-state index contributed by atoms with van der Waals surface area (Å²) < 4.78 is 84.1. The highest BCUT2D eigenvalue weighted by Crippen LogP contribution is 2.45. The van der Waals surface area contributed by atoms with E-state index in [1.807, 2.05) is 0 Å². The number of halogens is 6. The predicted octanol–water partition coefficient (Wildman–Crippen LogP) is 7.03. The van der Waals surface area contributed by atoms with E-state index in [0.29, 0.717) is 50.5 Å². The van der Waals surface area contributed by atoms with E-state index in [1.54, 1.807) is 6.07 Å². The fourth-order valence-corrected chi connectivity index (χ4v) is 6.17. The van der Waals surface area contributed by atoms with Gasteiger partial charge >= 0.3 is 12.4 Å². The number of morpholine rings is 1. The highest BCUT2D eigenvalue weighted by atomic mass is 19.4. The van der Waals surface area contributed by atoms with Crippen molar-refractivity contribution in [3.8, 4) is 0 Å². The van der Waals surface area contributed by atoms with Crippen molar-refractivity contribution in [1.82, 2.24) is 20.1 Å². The minimum Gasteiger partial charge on any atom is -0.379 e. The van der Waals surface area contributed by atoms with E-state index in [0.717, 1.165) is 41.1 Å². The first-order chi connectivity index (χ1) is 21.1. The van der Waals surface area contributed by atoms with Gasteiger partial charge in [-0.15, -0.1) is 0 Å². The van der Waals surface area contributed by atoms with Gasteiger partial charge in [-0.25, -0.2) is 0 Å². The molecule has 0 aliphatic carbocycles. The van der Waals surface area contributed by atoms with Gasteiger partial charge in [0, 0.05) is 38.9 Å². The first-order valence-corrected chi connectivity index (χ1v) is 14.8. The van der Waals surface area contributed by atoms with Gasteiger partial charge in [0.2, 0.25) is 0 Å². The maximum Gasteiger partial charge on any atom is 0.416 e. The van der Waals surface area contributed by atoms with Crippen molar-refractivity contribution in [3.05, 3.63) is 99.9 Å². The number of carbonyl (C=O) groups is 1. The Morgan fingerprint density at radius 2 is 1.51 bits per heavy atom. The third-order valence-corrected chi connectivity index (χ3v) is 8.31. The number of fused-ring (bicyclic) bond motifs is 1. The van der Waals surface area contributed by atoms with Crippen LogP contribution >= 0.6 is 0 Å². The Hall–Kier alpha value is -3.48. The zero-order valence-corrected chi connectivity index (χ0v) is 25.3. The zero-order chi connectivity index (χ0) is 32.6. The Morgan fingerprint density at radius 3 is 2.07 bits per heavy atom. The maximum absolute atomic E-state index is 13.4. The quantitative estimate of drug-likeness (QED) is 0.283. The molecule has 1 amide bonds. The summed E-state index contributed by atoms with van der Waals surface area (Å²) in [6.45, 7) is 9.38. The van der Waals surface area contributed by atoms with Gasteiger partial charge in [0.1, 0.15) is 0 Å². The van der Waals surface area contributed by atoms with Crippen LogP contribution in [0.3, 0.4) is 0 Å². The minimum absolute atomic E-state index is 0.128. The number of nitrogens with zero attached hydrogens (tertiary/aromatic N) is 3. The van der Waals surface area contributed by atoms with Crippen LogP contribution in [0.1, 0.15) is 76.7 Å². The number of aromatic nitrogens is 1. The molecule has 3 heterocycles. The average molecular weight is 635 g/mol. The lowest BCUT2D eigenvalue weighted by Crippen LogP contribution is -2.43. The number of carbonyl (C=O) groups excluding carboxylic acids is 1. The Morgan fingerprint density at radius 1 is 0.933 bits per heavy atom. The first kappa shape index (κ1) is 32.9. The molecule has 0 saturated carbocycles. The largest absolute Gasteiger partial charge is 0.416 e. The molecule has 0 spiro atoms. The van der Waals surface area contributed by atoms with Gasteiger partial charge in [-0.05, 0) is 52.4 Å². The van der Waals surface area contributed by atoms with E-state index in [-0.39, 0.29) is 30.0 Å². The van der Waals surface area contributed by atoms with Crippen LogP contribution in [0.25, 0.3) is 0 Å². The number of benzene rings is 2. The summed E-state index contributed by atoms with van der Waals surface area (Å²) in [6.07, 6.45) is -7.32. The van der Waals surface area contributed by atoms with Crippen molar-refractivity contribution in [2.75, 3.05) is 32.8 Å². The Balaban J connectivity index is 1.32. The molecule has 45 heavy (non-hydrogen) atoms. The normalized spacial score (nSPS) is 18.9. The van der Waals surface area contributed by atoms with Crippen molar-refractivity contribution >= 4 is 5.91 Å². The molecule has 12 heteroatoms. The lowest BCUT2D eigenvalue weighted by Gasteiger charge is -2.35. The molecular formula is C33H36F6N4O2. The van der Waals surface area contributed by atoms with E-state index in [2.05, 4.69) is 40.9 Å². The molecule has 2 unspecified atom stereocenters. The number of rotatable bonds is 7. The summed E-state index contributed by atoms with van der Waals surface area (Å²) in [5.74, 6) is -0.357. The van der Waals surface area contributed by atoms with Gasteiger partial charge in [0.15, 0.2) is 0 Å². The predicted molar refractivity (Wildman–Crippen MR) is 156 cm³/mol. The second kappa shape index (κ2) is 12.7. The third kappa shape index (κ3) is 7.67. The molecule has 2 aliphatic rings. The van der Waals surface area contributed by atoms with E-state index in [9.17, 15) is 31.1 Å². The number of hydrogen-bond acceptors (Lipinski definition) is 5. The van der Waals surface area contributed by atoms with E-state index in [1.165, 1.54) is 30.5 Å². The van der Waals surface area contributed by atoms with Crippen molar-refractivity contribution < 1.29 is 35.9 Å². The molecule has 2 aliphatic heterocycles. The molecule has 242 valence electrons. The van der Waals surface area contributed by atoms with Crippen molar-refractivity contribution in [2.45, 2.75) is 58.3 Å². The molecule has 5 rings (SSSR count). The zero-order valence-electron chi connectivity index (χ0n) is 25.3. The van der Waals surface area contributed by atoms with Crippen LogP contribution < -0.4 is 5.32 Å². The first-order valence-electron chi connectivity index (χ1n) is 14.8. The van der Waals surface area contributed by atoms with Gasteiger partial charge in [-0.3, -0.25) is 19.6 Å². The molecule has 2 atom stereocenters. The number of pyridine rings is 1. The topological polar surface area (TPSA) is 57.7 Å². The number of hydrogen-bond donors (Lipinski definition) is 1. The van der Waals surface area contributed by atoms with Gasteiger partial charge in [0.25, 0.3) is 5.91 Å². The molecule has 1 aromatic heterocycles. The van der Waals surface area contributed by atoms with Crippen molar-refractivity contribution in [2.24, 2.45) is 5.41 Å². The minimum atomic E-state index is -4.44. The highest BCUT2D eigenvalue weighted by Gasteiger charge is 2.40. The van der Waals surface area contributed by atoms with Crippen LogP contribution in [0, 0.1) is 5.41 Å². The number of alkyl halides is 6. The molecule has 1 saturated heterocycles. The SMILES string of the molecule is CC(C)(C)C1c2ncc(C(=O)NCC(c3ccc(C(F)(F)F)cc3)N3CCOCC3)cc2CN1Cc1ccc(C(F)(F)F)cc1. The van der Waals surface area contributed by atoms with Crippen LogP contribution in [0.15, 0.2) is 60.8 Å². The number of nitrogens with one attached hydrogen (secondary N) is 1. The lowest BCUT2D eigenvalue weighted by molar-refractivity contribution is -0.138. The summed E-state index contributed by atoms with van der Waals surface area (Å²) in [4.78, 5) is 22.3. The molecule has 2 aromatic carbocycles. The van der Waals surface area contributed by atoms with Gasteiger partial charge in [-0.1, -0.05) is 45.0 Å². The third-order valence-electron chi connectivity index (χ3n) is 8.31. The summed E-state index contributed by atoms with van der Waals surface area (Å²) in [6, 6.07) is 11.5. The summed E-state index contributed by atoms with van der Waals surface area (Å²) in [5, 5.41) is 2.95. The number of ether oxygens (including phenoxy) is 1. The summed E-state index contributed by atoms with van der Waals surface area (Å²) >= 11 is 0. The fraction of sp³-hybridized carbons (Fsp3) is 0.455. The molecule has 0 bridgehead atoms. The lowest BCUT2D eigenvalue weighted by atomic mass is 9.84. The molecule has 1 fully saturated rings. The van der Waals surface area contributed by atoms with Crippen molar-refractivity contribution in [3.63, 3.8) is 0 Å². The Labute approximate surface area is 258 Å².